The summed E-state index contributed by atoms with van der Waals surface area (Å²) in [5, 5.41) is 27.0. The molecule has 156 valence electrons. The molecule has 32 heavy (non-hydrogen) atoms. The number of carbonyl (C=O) groups excluding carboxylic acids is 1. The van der Waals surface area contributed by atoms with Gasteiger partial charge in [0, 0.05) is 26.8 Å². The molecule has 0 aliphatic carbocycles. The number of ketones is 1. The number of carbonyl (C=O) groups is 2. The van der Waals surface area contributed by atoms with Crippen LogP contribution in [0, 0.1) is 0 Å². The average Bonchev–Trinajstić information content (AvgIpc) is 3.44. The number of fused-ring (bicyclic) bond motifs is 1. The van der Waals surface area contributed by atoms with Crippen molar-refractivity contribution < 1.29 is 24.2 Å². The van der Waals surface area contributed by atoms with E-state index in [-0.39, 0.29) is 17.4 Å². The highest BCUT2D eigenvalue weighted by atomic mass is 32.1. The lowest BCUT2D eigenvalue weighted by Crippen LogP contribution is -2.00. The molecule has 0 saturated carbocycles. The number of hydrogen-bond acceptors (Lipinski definition) is 7. The van der Waals surface area contributed by atoms with Crippen molar-refractivity contribution >= 4 is 33.2 Å². The van der Waals surface area contributed by atoms with Crippen LogP contribution in [-0.2, 0) is 0 Å². The molecule has 7 nitrogen and oxygen atoms in total. The van der Waals surface area contributed by atoms with Gasteiger partial charge in [0.1, 0.15) is 5.75 Å². The number of rotatable bonds is 5. The summed E-state index contributed by atoms with van der Waals surface area (Å²) in [7, 11) is 0. The summed E-state index contributed by atoms with van der Waals surface area (Å²) in [5.41, 5.74) is 2.69. The number of aromatic carboxylic acids is 1. The molecule has 2 N–H and O–H groups in total. The zero-order valence-corrected chi connectivity index (χ0v) is 17.2. The molecule has 0 unspecified atom stereocenters. The van der Waals surface area contributed by atoms with E-state index in [1.54, 1.807) is 42.5 Å². The lowest BCUT2D eigenvalue weighted by molar-refractivity contribution is 0.0654. The van der Waals surface area contributed by atoms with Gasteiger partial charge < -0.3 is 14.6 Å². The van der Waals surface area contributed by atoms with Crippen LogP contribution in [0.3, 0.4) is 0 Å². The molecular formula is C24H14N2O5S. The summed E-state index contributed by atoms with van der Waals surface area (Å²) in [4.78, 5) is 24.9. The molecule has 8 heteroatoms. The van der Waals surface area contributed by atoms with Crippen molar-refractivity contribution in [2.24, 2.45) is 0 Å². The Morgan fingerprint density at radius 2 is 1.59 bits per heavy atom. The molecule has 0 aliphatic heterocycles. The molecule has 0 spiro atoms. The van der Waals surface area contributed by atoms with Crippen molar-refractivity contribution in [3.63, 3.8) is 0 Å². The van der Waals surface area contributed by atoms with Gasteiger partial charge in [-0.05, 0) is 35.9 Å². The summed E-state index contributed by atoms with van der Waals surface area (Å²) in [6, 6.07) is 21.2. The minimum atomic E-state index is -1.29. The average molecular weight is 442 g/mol. The largest absolute Gasteiger partial charge is 0.508 e. The number of hydrogen-bond donors (Lipinski definition) is 2. The lowest BCUT2D eigenvalue weighted by atomic mass is 9.97. The second kappa shape index (κ2) is 7.75. The van der Waals surface area contributed by atoms with Gasteiger partial charge in [0.05, 0.1) is 4.88 Å². The van der Waals surface area contributed by atoms with Crippen LogP contribution in [0.15, 0.2) is 77.2 Å². The molecule has 0 saturated heterocycles. The standard InChI is InChI=1S/C24H14N2O5S/c27-16-10-11-17-18(12-16)32-21(20(28)14-4-2-1-3-5-14)19(17)13-6-8-15(9-7-13)22-25-26-23(31-22)24(29)30/h1-12,27H,(H,29,30). The Balaban J connectivity index is 1.62. The van der Waals surface area contributed by atoms with Gasteiger partial charge in [-0.15, -0.1) is 21.5 Å². The van der Waals surface area contributed by atoms with E-state index >= 15 is 0 Å². The number of aromatic nitrogens is 2. The third-order valence-electron chi connectivity index (χ3n) is 4.94. The Bertz CT molecular complexity index is 1470. The van der Waals surface area contributed by atoms with Gasteiger partial charge in [0.25, 0.3) is 0 Å². The summed E-state index contributed by atoms with van der Waals surface area (Å²) in [5.74, 6) is -1.66. The van der Waals surface area contributed by atoms with Gasteiger partial charge in [-0.25, -0.2) is 4.79 Å². The lowest BCUT2D eigenvalue weighted by Gasteiger charge is -2.06. The molecule has 0 bridgehead atoms. The van der Waals surface area contributed by atoms with Crippen molar-refractivity contribution in [2.75, 3.05) is 0 Å². The summed E-state index contributed by atoms with van der Waals surface area (Å²) in [6.07, 6.45) is 0. The maximum absolute atomic E-state index is 13.3. The zero-order chi connectivity index (χ0) is 22.2. The third kappa shape index (κ3) is 3.42. The van der Waals surface area contributed by atoms with E-state index in [0.29, 0.717) is 16.0 Å². The molecule has 0 aliphatic rings. The van der Waals surface area contributed by atoms with Crippen LogP contribution in [0.25, 0.3) is 32.7 Å². The van der Waals surface area contributed by atoms with Crippen LogP contribution < -0.4 is 0 Å². The molecular weight excluding hydrogens is 428 g/mol. The maximum atomic E-state index is 13.3. The molecule has 2 heterocycles. The fourth-order valence-corrected chi connectivity index (χ4v) is 4.68. The fourth-order valence-electron chi connectivity index (χ4n) is 3.46. The maximum Gasteiger partial charge on any atom is 0.393 e. The van der Waals surface area contributed by atoms with E-state index in [2.05, 4.69) is 10.2 Å². The van der Waals surface area contributed by atoms with E-state index in [1.807, 2.05) is 30.3 Å². The molecule has 0 radical (unpaired) electrons. The summed E-state index contributed by atoms with van der Waals surface area (Å²) >= 11 is 1.33. The quantitative estimate of drug-likeness (QED) is 0.357. The van der Waals surface area contributed by atoms with Gasteiger partial charge >= 0.3 is 11.9 Å². The number of aromatic hydroxyl groups is 1. The number of carboxylic acids is 1. The molecule has 2 aromatic heterocycles. The zero-order valence-electron chi connectivity index (χ0n) is 16.4. The number of nitrogens with zero attached hydrogens (tertiary/aromatic N) is 2. The summed E-state index contributed by atoms with van der Waals surface area (Å²) in [6.45, 7) is 0. The first-order chi connectivity index (χ1) is 15.5. The van der Waals surface area contributed by atoms with Gasteiger partial charge in [0.2, 0.25) is 11.7 Å². The van der Waals surface area contributed by atoms with Gasteiger partial charge in [-0.2, -0.15) is 0 Å². The van der Waals surface area contributed by atoms with Crippen LogP contribution >= 0.6 is 11.3 Å². The third-order valence-corrected chi connectivity index (χ3v) is 6.10. The second-order valence-corrected chi connectivity index (χ2v) is 8.03. The van der Waals surface area contributed by atoms with Crippen molar-refractivity contribution in [2.45, 2.75) is 0 Å². The van der Waals surface area contributed by atoms with E-state index in [4.69, 9.17) is 9.52 Å². The highest BCUT2D eigenvalue weighted by Gasteiger charge is 2.22. The molecule has 0 atom stereocenters. The predicted octanol–water partition coefficient (Wildman–Crippen LogP) is 5.25. The van der Waals surface area contributed by atoms with E-state index < -0.39 is 11.9 Å². The van der Waals surface area contributed by atoms with Crippen LogP contribution in [0.2, 0.25) is 0 Å². The van der Waals surface area contributed by atoms with Crippen LogP contribution in [0.5, 0.6) is 5.75 Å². The van der Waals surface area contributed by atoms with Gasteiger partial charge in [0.15, 0.2) is 0 Å². The minimum absolute atomic E-state index is 0.0923. The van der Waals surface area contributed by atoms with Crippen LogP contribution in [-0.4, -0.2) is 32.2 Å². The number of carboxylic acid groups (broad SMARTS) is 1. The first-order valence-electron chi connectivity index (χ1n) is 9.54. The van der Waals surface area contributed by atoms with Gasteiger partial charge in [-0.1, -0.05) is 42.5 Å². The van der Waals surface area contributed by atoms with Crippen LogP contribution in [0.1, 0.15) is 25.9 Å². The topological polar surface area (TPSA) is 114 Å². The number of phenols is 1. The number of thiophene rings is 1. The van der Waals surface area contributed by atoms with Crippen molar-refractivity contribution in [1.82, 2.24) is 10.2 Å². The predicted molar refractivity (Wildman–Crippen MR) is 119 cm³/mol. The van der Waals surface area contributed by atoms with Gasteiger partial charge in [-0.3, -0.25) is 4.79 Å². The normalized spacial score (nSPS) is 11.0. The number of phenolic OH excluding ortho intramolecular Hbond substituents is 1. The first kappa shape index (κ1) is 19.7. The van der Waals surface area contributed by atoms with E-state index in [9.17, 15) is 14.7 Å². The Hall–Kier alpha value is -4.30. The highest BCUT2D eigenvalue weighted by Crippen LogP contribution is 2.41. The smallest absolute Gasteiger partial charge is 0.393 e. The second-order valence-electron chi connectivity index (χ2n) is 6.98. The molecule has 0 amide bonds. The molecule has 5 aromatic rings. The number of benzene rings is 3. The SMILES string of the molecule is O=C(O)c1nnc(-c2ccc(-c3c(C(=O)c4ccccc4)sc4cc(O)ccc34)cc2)o1. The van der Waals surface area contributed by atoms with Crippen molar-refractivity contribution in [3.8, 4) is 28.3 Å². The monoisotopic (exact) mass is 442 g/mol. The van der Waals surface area contributed by atoms with E-state index in [1.165, 1.54) is 11.3 Å². The fraction of sp³-hybridized carbons (Fsp3) is 0. The Labute approximate surface area is 185 Å². The Morgan fingerprint density at radius 1 is 0.875 bits per heavy atom. The Kier molecular flexibility index (Phi) is 4.76. The summed E-state index contributed by atoms with van der Waals surface area (Å²) < 4.78 is 5.96. The molecule has 3 aromatic carbocycles. The minimum Gasteiger partial charge on any atom is -0.508 e. The highest BCUT2D eigenvalue weighted by molar-refractivity contribution is 7.21. The van der Waals surface area contributed by atoms with E-state index in [0.717, 1.165) is 21.2 Å². The van der Waals surface area contributed by atoms with Crippen molar-refractivity contribution in [3.05, 3.63) is 89.1 Å². The van der Waals surface area contributed by atoms with Crippen molar-refractivity contribution in [1.29, 1.82) is 0 Å². The Morgan fingerprint density at radius 3 is 2.28 bits per heavy atom. The molecule has 0 fully saturated rings. The molecule has 5 rings (SSSR count). The van der Waals surface area contributed by atoms with Crippen LogP contribution in [0.4, 0.5) is 0 Å². The first-order valence-corrected chi connectivity index (χ1v) is 10.4.